The normalized spacial score (nSPS) is 12.0. The molecule has 1 atom stereocenters. The number of aliphatic hydroxyl groups excluding tert-OH is 1. The molecule has 0 aliphatic heterocycles. The molecule has 3 N–H and O–H groups in total. The van der Waals surface area contributed by atoms with Gasteiger partial charge in [0.2, 0.25) is 5.95 Å². The van der Waals surface area contributed by atoms with Crippen LogP contribution in [-0.2, 0) is 6.54 Å². The average molecular weight is 398 g/mol. The van der Waals surface area contributed by atoms with E-state index in [9.17, 15) is 5.11 Å². The monoisotopic (exact) mass is 397 g/mol. The quantitative estimate of drug-likeness (QED) is 0.527. The molecule has 2 aromatic heterocycles. The van der Waals surface area contributed by atoms with E-state index in [-0.39, 0.29) is 18.6 Å². The number of hydrogen-bond acceptors (Lipinski definition) is 6. The number of pyridine rings is 1. The molecule has 0 amide bonds. The van der Waals surface area contributed by atoms with Crippen molar-refractivity contribution in [1.29, 1.82) is 0 Å². The van der Waals surface area contributed by atoms with Gasteiger partial charge in [0.1, 0.15) is 5.82 Å². The minimum atomic E-state index is -0.131. The summed E-state index contributed by atoms with van der Waals surface area (Å²) in [7, 11) is 0. The Balaban J connectivity index is 1.87. The van der Waals surface area contributed by atoms with Gasteiger partial charge in [-0.1, -0.05) is 37.6 Å². The van der Waals surface area contributed by atoms with E-state index < -0.39 is 0 Å². The molecule has 0 spiro atoms. The summed E-state index contributed by atoms with van der Waals surface area (Å²) in [6, 6.07) is 13.2. The Kier molecular flexibility index (Phi) is 6.79. The van der Waals surface area contributed by atoms with Gasteiger partial charge in [-0.3, -0.25) is 4.98 Å². The summed E-state index contributed by atoms with van der Waals surface area (Å²) in [6.07, 6.45) is 3.49. The molecule has 7 heteroatoms. The van der Waals surface area contributed by atoms with E-state index in [0.717, 1.165) is 16.8 Å². The van der Waals surface area contributed by atoms with Crippen molar-refractivity contribution >= 4 is 23.4 Å². The Bertz CT molecular complexity index is 887. The lowest BCUT2D eigenvalue weighted by molar-refractivity contribution is 0.248. The number of aliphatic hydroxyl groups is 1. The maximum absolute atomic E-state index is 9.63. The highest BCUT2D eigenvalue weighted by Gasteiger charge is 2.15. The highest BCUT2D eigenvalue weighted by Crippen LogP contribution is 2.22. The fraction of sp³-hybridized carbons (Fsp3) is 0.286. The first-order valence-corrected chi connectivity index (χ1v) is 9.58. The predicted molar refractivity (Wildman–Crippen MR) is 113 cm³/mol. The van der Waals surface area contributed by atoms with Crippen LogP contribution in [0, 0.1) is 5.92 Å². The number of nitrogens with zero attached hydrogens (tertiary/aromatic N) is 3. The number of anilines is 2. The molecule has 0 bridgehead atoms. The summed E-state index contributed by atoms with van der Waals surface area (Å²) < 4.78 is 0. The minimum absolute atomic E-state index is 0.00564. The lowest BCUT2D eigenvalue weighted by Gasteiger charge is -2.20. The lowest BCUT2D eigenvalue weighted by Crippen LogP contribution is -2.30. The van der Waals surface area contributed by atoms with Crippen LogP contribution in [0.1, 0.15) is 19.4 Å². The zero-order valence-electron chi connectivity index (χ0n) is 15.9. The average Bonchev–Trinajstić information content (AvgIpc) is 2.72. The smallest absolute Gasteiger partial charge is 0.225 e. The number of aromatic nitrogens is 3. The Hall–Kier alpha value is -2.70. The second-order valence-corrected chi connectivity index (χ2v) is 7.30. The van der Waals surface area contributed by atoms with Gasteiger partial charge in [0, 0.05) is 35.6 Å². The molecule has 2 heterocycles. The third-order valence-corrected chi connectivity index (χ3v) is 4.64. The minimum Gasteiger partial charge on any atom is -0.394 e. The van der Waals surface area contributed by atoms with Crippen LogP contribution in [-0.4, -0.2) is 32.7 Å². The Morgan fingerprint density at radius 3 is 2.54 bits per heavy atom. The van der Waals surface area contributed by atoms with Gasteiger partial charge in [-0.25, -0.2) is 4.98 Å². The van der Waals surface area contributed by atoms with Gasteiger partial charge in [0.05, 0.1) is 18.3 Å². The third kappa shape index (κ3) is 5.41. The van der Waals surface area contributed by atoms with Crippen LogP contribution in [0.25, 0.3) is 11.3 Å². The van der Waals surface area contributed by atoms with E-state index in [4.69, 9.17) is 11.6 Å². The molecule has 3 rings (SSSR count). The molecular formula is C21H24ClN5O. The first kappa shape index (κ1) is 20.0. The standard InChI is InChI=1S/C21H24ClN5O/c1-14(2)19(13-28)26-21-25-18(16-4-3-9-23-12-16)10-20(27-21)24-11-15-5-7-17(22)8-6-15/h3-10,12,14,19,28H,11,13H2,1-2H3,(H2,24,25,26,27)/t19-/m0/s1. The number of hydrogen-bond donors (Lipinski definition) is 3. The fourth-order valence-electron chi connectivity index (χ4n) is 2.65. The Morgan fingerprint density at radius 1 is 1.11 bits per heavy atom. The molecule has 0 saturated heterocycles. The molecule has 0 fully saturated rings. The van der Waals surface area contributed by atoms with Crippen LogP contribution in [0.15, 0.2) is 54.9 Å². The van der Waals surface area contributed by atoms with Gasteiger partial charge in [-0.15, -0.1) is 0 Å². The van der Waals surface area contributed by atoms with Gasteiger partial charge in [-0.2, -0.15) is 4.98 Å². The highest BCUT2D eigenvalue weighted by atomic mass is 35.5. The van der Waals surface area contributed by atoms with Gasteiger partial charge in [0.25, 0.3) is 0 Å². The summed E-state index contributed by atoms with van der Waals surface area (Å²) in [5, 5.41) is 16.9. The van der Waals surface area contributed by atoms with Gasteiger partial charge in [0.15, 0.2) is 0 Å². The summed E-state index contributed by atoms with van der Waals surface area (Å²) >= 11 is 5.95. The van der Waals surface area contributed by atoms with Gasteiger partial charge < -0.3 is 15.7 Å². The molecule has 0 aliphatic carbocycles. The van der Waals surface area contributed by atoms with Crippen molar-refractivity contribution in [2.45, 2.75) is 26.4 Å². The zero-order valence-corrected chi connectivity index (χ0v) is 16.7. The molecule has 1 aromatic carbocycles. The van der Waals surface area contributed by atoms with Crippen LogP contribution < -0.4 is 10.6 Å². The van der Waals surface area contributed by atoms with Crippen molar-refractivity contribution in [3.8, 4) is 11.3 Å². The van der Waals surface area contributed by atoms with Crippen molar-refractivity contribution in [2.24, 2.45) is 5.92 Å². The van der Waals surface area contributed by atoms with Crippen LogP contribution in [0.2, 0.25) is 5.02 Å². The van der Waals surface area contributed by atoms with Gasteiger partial charge in [-0.05, 0) is 35.7 Å². The van der Waals surface area contributed by atoms with Crippen molar-refractivity contribution < 1.29 is 5.11 Å². The van der Waals surface area contributed by atoms with E-state index in [2.05, 4.69) is 25.6 Å². The second-order valence-electron chi connectivity index (χ2n) is 6.86. The first-order valence-electron chi connectivity index (χ1n) is 9.20. The van der Waals surface area contributed by atoms with Crippen LogP contribution in [0.5, 0.6) is 0 Å². The summed E-state index contributed by atoms with van der Waals surface area (Å²) in [5.41, 5.74) is 2.74. The second kappa shape index (κ2) is 9.48. The maximum Gasteiger partial charge on any atom is 0.225 e. The molecule has 0 aliphatic rings. The molecule has 6 nitrogen and oxygen atoms in total. The molecule has 0 saturated carbocycles. The summed E-state index contributed by atoms with van der Waals surface area (Å²) in [5.74, 6) is 1.39. The van der Waals surface area contributed by atoms with E-state index in [1.165, 1.54) is 0 Å². The lowest BCUT2D eigenvalue weighted by atomic mass is 10.1. The third-order valence-electron chi connectivity index (χ3n) is 4.39. The molecular weight excluding hydrogens is 374 g/mol. The molecule has 146 valence electrons. The first-order chi connectivity index (χ1) is 13.5. The van der Waals surface area contributed by atoms with Crippen molar-refractivity contribution in [3.63, 3.8) is 0 Å². The van der Waals surface area contributed by atoms with Crippen molar-refractivity contribution in [2.75, 3.05) is 17.2 Å². The van der Waals surface area contributed by atoms with Gasteiger partial charge >= 0.3 is 0 Å². The van der Waals surface area contributed by atoms with E-state index in [1.54, 1.807) is 12.4 Å². The Morgan fingerprint density at radius 2 is 1.89 bits per heavy atom. The number of nitrogens with one attached hydrogen (secondary N) is 2. The Labute approximate surface area is 170 Å². The maximum atomic E-state index is 9.63. The molecule has 28 heavy (non-hydrogen) atoms. The van der Waals surface area contributed by atoms with Crippen LogP contribution >= 0.6 is 11.6 Å². The number of rotatable bonds is 8. The molecule has 0 unspecified atom stereocenters. The molecule has 0 radical (unpaired) electrons. The van der Waals surface area contributed by atoms with Crippen molar-refractivity contribution in [1.82, 2.24) is 15.0 Å². The topological polar surface area (TPSA) is 83.0 Å². The van der Waals surface area contributed by atoms with Crippen LogP contribution in [0.4, 0.5) is 11.8 Å². The van der Waals surface area contributed by atoms with Crippen LogP contribution in [0.3, 0.4) is 0 Å². The summed E-state index contributed by atoms with van der Waals surface area (Å²) in [6.45, 7) is 4.69. The fourth-order valence-corrected chi connectivity index (χ4v) is 2.77. The largest absolute Gasteiger partial charge is 0.394 e. The summed E-state index contributed by atoms with van der Waals surface area (Å²) in [4.78, 5) is 13.4. The number of halogens is 1. The van der Waals surface area contributed by atoms with E-state index in [1.807, 2.05) is 56.3 Å². The predicted octanol–water partition coefficient (Wildman–Crippen LogP) is 4.23. The number of benzene rings is 1. The zero-order chi connectivity index (χ0) is 19.9. The van der Waals surface area contributed by atoms with E-state index >= 15 is 0 Å². The van der Waals surface area contributed by atoms with E-state index in [0.29, 0.717) is 23.3 Å². The SMILES string of the molecule is CC(C)[C@H](CO)Nc1nc(NCc2ccc(Cl)cc2)cc(-c2cccnc2)n1. The molecule has 3 aromatic rings. The highest BCUT2D eigenvalue weighted by molar-refractivity contribution is 6.30. The van der Waals surface area contributed by atoms with Crippen molar-refractivity contribution in [3.05, 3.63) is 65.4 Å².